The summed E-state index contributed by atoms with van der Waals surface area (Å²) in [5.74, 6) is -0.538. The van der Waals surface area contributed by atoms with Crippen LogP contribution in [0.2, 0.25) is 0 Å². The molecule has 31 heavy (non-hydrogen) atoms. The molecule has 1 amide bonds. The maximum absolute atomic E-state index is 13.4. The topological polar surface area (TPSA) is 84.3 Å². The van der Waals surface area contributed by atoms with Gasteiger partial charge in [-0.2, -0.15) is 0 Å². The molecule has 0 atom stereocenters. The summed E-state index contributed by atoms with van der Waals surface area (Å²) in [5.41, 5.74) is 1.08. The molecular weight excluding hydrogens is 419 g/mol. The normalized spacial score (nSPS) is 15.1. The molecule has 0 saturated carbocycles. The highest BCUT2D eigenvalue weighted by Gasteiger charge is 2.24. The van der Waals surface area contributed by atoms with E-state index < -0.39 is 15.8 Å². The van der Waals surface area contributed by atoms with Gasteiger partial charge in [-0.1, -0.05) is 0 Å². The van der Waals surface area contributed by atoms with Crippen molar-refractivity contribution in [3.8, 4) is 0 Å². The second kappa shape index (κ2) is 8.50. The van der Waals surface area contributed by atoms with E-state index in [0.717, 1.165) is 18.9 Å². The number of rotatable bonds is 5. The number of hydrogen-bond donors (Lipinski definition) is 1. The third kappa shape index (κ3) is 4.61. The molecule has 2 aromatic carbocycles. The summed E-state index contributed by atoms with van der Waals surface area (Å²) in [7, 11) is -3.85. The number of nitrogens with one attached hydrogen (secondary N) is 1. The van der Waals surface area contributed by atoms with Crippen molar-refractivity contribution in [2.45, 2.75) is 30.7 Å². The molecule has 1 saturated heterocycles. The molecule has 3 aromatic rings. The number of halogens is 1. The Hall–Kier alpha value is -3.20. The van der Waals surface area contributed by atoms with E-state index in [1.54, 1.807) is 36.8 Å². The lowest BCUT2D eigenvalue weighted by Crippen LogP contribution is -2.38. The molecule has 1 aliphatic heterocycles. The van der Waals surface area contributed by atoms with Crippen LogP contribution in [0.25, 0.3) is 0 Å². The Morgan fingerprint density at radius 1 is 1.13 bits per heavy atom. The number of nitrogens with zero attached hydrogens (tertiary/aromatic N) is 3. The van der Waals surface area contributed by atoms with Gasteiger partial charge in [0.05, 0.1) is 11.2 Å². The minimum absolute atomic E-state index is 0.0210. The summed E-state index contributed by atoms with van der Waals surface area (Å²) in [4.78, 5) is 18.7. The van der Waals surface area contributed by atoms with E-state index in [2.05, 4.69) is 14.3 Å². The summed E-state index contributed by atoms with van der Waals surface area (Å²) in [6, 6.07) is 10.3. The van der Waals surface area contributed by atoms with Crippen molar-refractivity contribution in [3.63, 3.8) is 0 Å². The van der Waals surface area contributed by atoms with Gasteiger partial charge in [-0.15, -0.1) is 0 Å². The fourth-order valence-electron chi connectivity index (χ4n) is 3.71. The minimum atomic E-state index is -3.85. The second-order valence-corrected chi connectivity index (χ2v) is 9.31. The Bertz CT molecular complexity index is 1170. The number of sulfonamides is 1. The number of imidazole rings is 1. The largest absolute Gasteiger partial charge is 0.338 e. The van der Waals surface area contributed by atoms with Crippen LogP contribution in [0.5, 0.6) is 0 Å². The van der Waals surface area contributed by atoms with Gasteiger partial charge < -0.3 is 9.47 Å². The molecule has 162 valence electrons. The van der Waals surface area contributed by atoms with Crippen molar-refractivity contribution in [2.24, 2.45) is 0 Å². The Morgan fingerprint density at radius 3 is 2.45 bits per heavy atom. The SMILES string of the molecule is Cc1cc(S(=O)(=O)Nc2ccc(C(=O)N3CCC(n4ccnc4)CC3)cc2)ccc1F. The van der Waals surface area contributed by atoms with Crippen LogP contribution in [0.15, 0.2) is 66.1 Å². The number of carbonyl (C=O) groups is 1. The fraction of sp³-hybridized carbons (Fsp3) is 0.273. The monoisotopic (exact) mass is 442 g/mol. The molecule has 0 spiro atoms. The van der Waals surface area contributed by atoms with Gasteiger partial charge in [-0.25, -0.2) is 17.8 Å². The quantitative estimate of drug-likeness (QED) is 0.654. The lowest BCUT2D eigenvalue weighted by atomic mass is 10.0. The smallest absolute Gasteiger partial charge is 0.261 e. The first-order valence-corrected chi connectivity index (χ1v) is 11.5. The first-order chi connectivity index (χ1) is 14.8. The number of benzene rings is 2. The highest BCUT2D eigenvalue weighted by Crippen LogP contribution is 2.24. The first-order valence-electron chi connectivity index (χ1n) is 9.99. The van der Waals surface area contributed by atoms with E-state index >= 15 is 0 Å². The maximum Gasteiger partial charge on any atom is 0.261 e. The van der Waals surface area contributed by atoms with Gasteiger partial charge in [0.1, 0.15) is 5.82 Å². The molecular formula is C22H23FN4O3S. The molecule has 1 N–H and O–H groups in total. The number of carbonyl (C=O) groups excluding carboxylic acids is 1. The standard InChI is InChI=1S/C22H23FN4O3S/c1-16-14-20(6-7-21(16)23)31(29,30)25-18-4-2-17(3-5-18)22(28)26-11-8-19(9-12-26)27-13-10-24-15-27/h2-7,10,13-15,19,25H,8-9,11-12H2,1H3. The Labute approximate surface area is 180 Å². The van der Waals surface area contributed by atoms with Crippen molar-refractivity contribution in [2.75, 3.05) is 17.8 Å². The summed E-state index contributed by atoms with van der Waals surface area (Å²) in [6.45, 7) is 2.81. The fourth-order valence-corrected chi connectivity index (χ4v) is 4.86. The predicted octanol–water partition coefficient (Wildman–Crippen LogP) is 3.61. The van der Waals surface area contributed by atoms with Crippen molar-refractivity contribution in [1.82, 2.24) is 14.5 Å². The third-order valence-electron chi connectivity index (χ3n) is 5.52. The number of hydrogen-bond acceptors (Lipinski definition) is 4. The van der Waals surface area contributed by atoms with Crippen LogP contribution in [-0.4, -0.2) is 41.9 Å². The van der Waals surface area contributed by atoms with E-state index in [1.165, 1.54) is 19.1 Å². The zero-order valence-corrected chi connectivity index (χ0v) is 17.8. The van der Waals surface area contributed by atoms with Crippen molar-refractivity contribution < 1.29 is 17.6 Å². The number of likely N-dealkylation sites (tertiary alicyclic amines) is 1. The van der Waals surface area contributed by atoms with Gasteiger partial charge in [-0.05, 0) is 67.8 Å². The second-order valence-electron chi connectivity index (χ2n) is 7.63. The first kappa shape index (κ1) is 21.0. The van der Waals surface area contributed by atoms with Crippen molar-refractivity contribution >= 4 is 21.6 Å². The van der Waals surface area contributed by atoms with Crippen LogP contribution in [0.1, 0.15) is 34.8 Å². The van der Waals surface area contributed by atoms with Gasteiger partial charge in [0, 0.05) is 42.8 Å². The highest BCUT2D eigenvalue weighted by atomic mass is 32.2. The lowest BCUT2D eigenvalue weighted by molar-refractivity contribution is 0.0694. The zero-order valence-electron chi connectivity index (χ0n) is 17.0. The maximum atomic E-state index is 13.4. The van der Waals surface area contributed by atoms with E-state index in [0.29, 0.717) is 30.4 Å². The molecule has 7 nitrogen and oxygen atoms in total. The molecule has 2 heterocycles. The van der Waals surface area contributed by atoms with Crippen molar-refractivity contribution in [1.29, 1.82) is 0 Å². The third-order valence-corrected chi connectivity index (χ3v) is 6.90. The van der Waals surface area contributed by atoms with Crippen LogP contribution in [-0.2, 0) is 10.0 Å². The number of piperidine rings is 1. The van der Waals surface area contributed by atoms with E-state index in [4.69, 9.17) is 0 Å². The van der Waals surface area contributed by atoms with Gasteiger partial charge in [-0.3, -0.25) is 9.52 Å². The summed E-state index contributed by atoms with van der Waals surface area (Å²) in [6.07, 6.45) is 7.21. The van der Waals surface area contributed by atoms with Crippen LogP contribution >= 0.6 is 0 Å². The number of anilines is 1. The predicted molar refractivity (Wildman–Crippen MR) is 115 cm³/mol. The average molecular weight is 443 g/mol. The molecule has 1 aliphatic rings. The minimum Gasteiger partial charge on any atom is -0.338 e. The molecule has 1 fully saturated rings. The molecule has 4 rings (SSSR count). The van der Waals surface area contributed by atoms with Gasteiger partial charge in [0.2, 0.25) is 0 Å². The van der Waals surface area contributed by atoms with E-state index in [9.17, 15) is 17.6 Å². The molecule has 1 aromatic heterocycles. The molecule has 0 unspecified atom stereocenters. The Kier molecular flexibility index (Phi) is 5.77. The number of aryl methyl sites for hydroxylation is 1. The number of amides is 1. The zero-order chi connectivity index (χ0) is 22.0. The van der Waals surface area contributed by atoms with Crippen LogP contribution < -0.4 is 4.72 Å². The average Bonchev–Trinajstić information content (AvgIpc) is 3.30. The van der Waals surface area contributed by atoms with Crippen LogP contribution in [0.3, 0.4) is 0 Å². The summed E-state index contributed by atoms with van der Waals surface area (Å²) >= 11 is 0. The molecule has 9 heteroatoms. The molecule has 0 bridgehead atoms. The van der Waals surface area contributed by atoms with Gasteiger partial charge in [0.15, 0.2) is 0 Å². The van der Waals surface area contributed by atoms with Crippen LogP contribution in [0.4, 0.5) is 10.1 Å². The van der Waals surface area contributed by atoms with Crippen LogP contribution in [0, 0.1) is 12.7 Å². The van der Waals surface area contributed by atoms with E-state index in [1.807, 2.05) is 11.1 Å². The molecule has 0 radical (unpaired) electrons. The Morgan fingerprint density at radius 2 is 1.84 bits per heavy atom. The summed E-state index contributed by atoms with van der Waals surface area (Å²) in [5, 5.41) is 0. The summed E-state index contributed by atoms with van der Waals surface area (Å²) < 4.78 is 43.1. The van der Waals surface area contributed by atoms with Gasteiger partial charge >= 0.3 is 0 Å². The van der Waals surface area contributed by atoms with Gasteiger partial charge in [0.25, 0.3) is 15.9 Å². The lowest BCUT2D eigenvalue weighted by Gasteiger charge is -2.32. The Balaban J connectivity index is 1.40. The van der Waals surface area contributed by atoms with E-state index in [-0.39, 0.29) is 16.4 Å². The highest BCUT2D eigenvalue weighted by molar-refractivity contribution is 7.92. The molecule has 0 aliphatic carbocycles. The number of aromatic nitrogens is 2. The van der Waals surface area contributed by atoms with Crippen molar-refractivity contribution in [3.05, 3.63) is 78.1 Å².